The van der Waals surface area contributed by atoms with Gasteiger partial charge in [0.15, 0.2) is 4.80 Å². The summed E-state index contributed by atoms with van der Waals surface area (Å²) in [5.41, 5.74) is 3.17. The summed E-state index contributed by atoms with van der Waals surface area (Å²) in [6.45, 7) is 5.91. The number of thiazole rings is 1. The van der Waals surface area contributed by atoms with Crippen molar-refractivity contribution in [3.05, 3.63) is 80.6 Å². The van der Waals surface area contributed by atoms with Crippen LogP contribution in [0.1, 0.15) is 49.7 Å². The summed E-state index contributed by atoms with van der Waals surface area (Å²) in [6.07, 6.45) is 2.16. The third kappa shape index (κ3) is 5.63. The van der Waals surface area contributed by atoms with E-state index < -0.39 is 0 Å². The molecule has 7 nitrogen and oxygen atoms in total. The molecule has 1 saturated heterocycles. The summed E-state index contributed by atoms with van der Waals surface area (Å²) >= 11 is 1.49. The predicted molar refractivity (Wildman–Crippen MR) is 132 cm³/mol. The van der Waals surface area contributed by atoms with Crippen molar-refractivity contribution < 1.29 is 19.1 Å². The average molecular weight is 480 g/mol. The van der Waals surface area contributed by atoms with Crippen molar-refractivity contribution >= 4 is 23.2 Å². The topological polar surface area (TPSA) is 81.9 Å². The minimum atomic E-state index is -0.313. The Kier molecular flexibility index (Phi) is 7.59. The number of aromatic nitrogens is 1. The Hall–Kier alpha value is -3.23. The van der Waals surface area contributed by atoms with Crippen molar-refractivity contribution in [3.8, 4) is 5.75 Å². The maximum Gasteiger partial charge on any atom is 0.279 e. The summed E-state index contributed by atoms with van der Waals surface area (Å²) in [5.74, 6) is 0.205. The number of amides is 2. The minimum absolute atomic E-state index is 0.100. The maximum absolute atomic E-state index is 12.8. The molecule has 1 atom stereocenters. The van der Waals surface area contributed by atoms with Gasteiger partial charge < -0.3 is 19.4 Å². The number of benzene rings is 2. The van der Waals surface area contributed by atoms with Gasteiger partial charge in [-0.2, -0.15) is 4.99 Å². The average Bonchev–Trinajstić information content (AvgIpc) is 3.47. The number of methoxy groups -OCH3 is 1. The lowest BCUT2D eigenvalue weighted by molar-refractivity contribution is 0.0857. The van der Waals surface area contributed by atoms with Crippen LogP contribution in [0.25, 0.3) is 0 Å². The van der Waals surface area contributed by atoms with Crippen LogP contribution in [0.3, 0.4) is 0 Å². The molecular weight excluding hydrogens is 450 g/mol. The zero-order valence-electron chi connectivity index (χ0n) is 19.7. The lowest BCUT2D eigenvalue weighted by Gasteiger charge is -2.11. The molecule has 1 aliphatic heterocycles. The molecular formula is C26H29N3O4S. The molecule has 4 rings (SSSR count). The lowest BCUT2D eigenvalue weighted by atomic mass is 10.1. The van der Waals surface area contributed by atoms with Gasteiger partial charge in [-0.3, -0.25) is 9.59 Å². The number of nitrogens with zero attached hydrogens (tertiary/aromatic N) is 2. The predicted octanol–water partition coefficient (Wildman–Crippen LogP) is 3.87. The SMILES string of the molecule is COc1cccc(C(=O)N=c2sc(C)c(C)n2Cc2ccc(C(=O)NC[C@H]3CCCO3)cc2)c1. The zero-order chi connectivity index (χ0) is 24.1. The highest BCUT2D eigenvalue weighted by Gasteiger charge is 2.17. The third-order valence-electron chi connectivity index (χ3n) is 5.97. The summed E-state index contributed by atoms with van der Waals surface area (Å²) in [5, 5.41) is 2.95. The molecule has 0 spiro atoms. The molecule has 0 unspecified atom stereocenters. The first-order valence-corrected chi connectivity index (χ1v) is 12.1. The van der Waals surface area contributed by atoms with Gasteiger partial charge in [-0.15, -0.1) is 11.3 Å². The highest BCUT2D eigenvalue weighted by atomic mass is 32.1. The fraction of sp³-hybridized carbons (Fsp3) is 0.346. The molecule has 0 saturated carbocycles. The number of ether oxygens (including phenoxy) is 2. The summed E-state index contributed by atoms with van der Waals surface area (Å²) in [6, 6.07) is 14.5. The molecule has 178 valence electrons. The van der Waals surface area contributed by atoms with E-state index in [1.54, 1.807) is 31.4 Å². The quantitative estimate of drug-likeness (QED) is 0.558. The number of hydrogen-bond donors (Lipinski definition) is 1. The summed E-state index contributed by atoms with van der Waals surface area (Å²) < 4.78 is 12.8. The van der Waals surface area contributed by atoms with Crippen molar-refractivity contribution in [2.45, 2.75) is 39.3 Å². The molecule has 1 fully saturated rings. The standard InChI is InChI=1S/C26H29N3O4S/c1-17-18(2)34-26(28-25(31)21-6-4-7-22(14-21)32-3)29(17)16-19-9-11-20(12-10-19)24(30)27-15-23-8-5-13-33-23/h4,6-7,9-12,14,23H,5,8,13,15-16H2,1-3H3,(H,27,30)/t23-/m1/s1. The normalized spacial score (nSPS) is 16.0. The number of rotatable bonds is 7. The van der Waals surface area contributed by atoms with Crippen LogP contribution in [0.5, 0.6) is 5.75 Å². The molecule has 1 N–H and O–H groups in total. The van der Waals surface area contributed by atoms with Crippen LogP contribution in [0.4, 0.5) is 0 Å². The molecule has 2 heterocycles. The van der Waals surface area contributed by atoms with E-state index in [1.807, 2.05) is 42.7 Å². The van der Waals surface area contributed by atoms with Gasteiger partial charge in [0, 0.05) is 34.8 Å². The second-order valence-corrected chi connectivity index (χ2v) is 9.48. The lowest BCUT2D eigenvalue weighted by Crippen LogP contribution is -2.31. The second-order valence-electron chi connectivity index (χ2n) is 8.30. The van der Waals surface area contributed by atoms with Crippen molar-refractivity contribution in [1.82, 2.24) is 9.88 Å². The monoisotopic (exact) mass is 479 g/mol. The first-order chi connectivity index (χ1) is 16.4. The van der Waals surface area contributed by atoms with Crippen molar-refractivity contribution in [1.29, 1.82) is 0 Å². The number of carbonyl (C=O) groups excluding carboxylic acids is 2. The van der Waals surface area contributed by atoms with Crippen LogP contribution in [0, 0.1) is 13.8 Å². The number of nitrogens with one attached hydrogen (secondary N) is 1. The fourth-order valence-corrected chi connectivity index (χ4v) is 4.81. The van der Waals surface area contributed by atoms with Crippen LogP contribution in [0.2, 0.25) is 0 Å². The molecule has 0 bridgehead atoms. The Labute approximate surface area is 203 Å². The highest BCUT2D eigenvalue weighted by molar-refractivity contribution is 7.09. The fourth-order valence-electron chi connectivity index (χ4n) is 3.83. The van der Waals surface area contributed by atoms with Crippen LogP contribution in [-0.4, -0.2) is 42.7 Å². The first kappa shape index (κ1) is 23.9. The maximum atomic E-state index is 12.8. The minimum Gasteiger partial charge on any atom is -0.497 e. The van der Waals surface area contributed by atoms with E-state index in [0.717, 1.165) is 35.6 Å². The smallest absolute Gasteiger partial charge is 0.279 e. The zero-order valence-corrected chi connectivity index (χ0v) is 20.5. The Morgan fingerprint density at radius 3 is 2.68 bits per heavy atom. The molecule has 2 amide bonds. The Balaban J connectivity index is 1.50. The van der Waals surface area contributed by atoms with E-state index >= 15 is 0 Å². The number of carbonyl (C=O) groups is 2. The van der Waals surface area contributed by atoms with E-state index in [-0.39, 0.29) is 17.9 Å². The Bertz CT molecular complexity index is 1240. The molecule has 0 aliphatic carbocycles. The van der Waals surface area contributed by atoms with Crippen molar-refractivity contribution in [2.24, 2.45) is 4.99 Å². The highest BCUT2D eigenvalue weighted by Crippen LogP contribution is 2.16. The molecule has 3 aromatic rings. The Morgan fingerprint density at radius 1 is 1.18 bits per heavy atom. The van der Waals surface area contributed by atoms with Gasteiger partial charge in [-0.05, 0) is 62.6 Å². The van der Waals surface area contributed by atoms with Crippen LogP contribution < -0.4 is 14.9 Å². The van der Waals surface area contributed by atoms with Crippen LogP contribution >= 0.6 is 11.3 Å². The van der Waals surface area contributed by atoms with E-state index in [9.17, 15) is 9.59 Å². The second kappa shape index (κ2) is 10.8. The van der Waals surface area contributed by atoms with Gasteiger partial charge in [-0.1, -0.05) is 18.2 Å². The largest absolute Gasteiger partial charge is 0.497 e. The number of aryl methyl sites for hydroxylation is 1. The van der Waals surface area contributed by atoms with Crippen molar-refractivity contribution in [2.75, 3.05) is 20.3 Å². The molecule has 1 aromatic heterocycles. The third-order valence-corrected chi connectivity index (χ3v) is 7.07. The Morgan fingerprint density at radius 2 is 1.97 bits per heavy atom. The van der Waals surface area contributed by atoms with Gasteiger partial charge >= 0.3 is 0 Å². The molecule has 1 aliphatic rings. The molecule has 8 heteroatoms. The number of hydrogen-bond acceptors (Lipinski definition) is 5. The molecule has 34 heavy (non-hydrogen) atoms. The van der Waals surface area contributed by atoms with E-state index in [1.165, 1.54) is 11.3 Å². The van der Waals surface area contributed by atoms with Gasteiger partial charge in [0.2, 0.25) is 0 Å². The van der Waals surface area contributed by atoms with Crippen LogP contribution in [-0.2, 0) is 11.3 Å². The first-order valence-electron chi connectivity index (χ1n) is 11.3. The van der Waals surface area contributed by atoms with E-state index in [2.05, 4.69) is 10.3 Å². The molecule has 0 radical (unpaired) electrons. The van der Waals surface area contributed by atoms with Gasteiger partial charge in [0.25, 0.3) is 11.8 Å². The van der Waals surface area contributed by atoms with Gasteiger partial charge in [0.1, 0.15) is 5.75 Å². The van der Waals surface area contributed by atoms with Crippen molar-refractivity contribution in [3.63, 3.8) is 0 Å². The van der Waals surface area contributed by atoms with Gasteiger partial charge in [0.05, 0.1) is 19.8 Å². The van der Waals surface area contributed by atoms with E-state index in [0.29, 0.717) is 34.8 Å². The summed E-state index contributed by atoms with van der Waals surface area (Å²) in [7, 11) is 1.57. The van der Waals surface area contributed by atoms with Crippen LogP contribution in [0.15, 0.2) is 53.5 Å². The van der Waals surface area contributed by atoms with Gasteiger partial charge in [-0.25, -0.2) is 0 Å². The summed E-state index contributed by atoms with van der Waals surface area (Å²) in [4.78, 5) is 31.4. The molecule has 2 aromatic carbocycles. The van der Waals surface area contributed by atoms with E-state index in [4.69, 9.17) is 9.47 Å².